The van der Waals surface area contributed by atoms with Gasteiger partial charge in [-0.05, 0) is 36.3 Å². The summed E-state index contributed by atoms with van der Waals surface area (Å²) in [6, 6.07) is 21.5. The number of benzene rings is 2. The van der Waals surface area contributed by atoms with Crippen LogP contribution in [-0.2, 0) is 13.1 Å². The van der Waals surface area contributed by atoms with Crippen LogP contribution in [0.5, 0.6) is 0 Å². The van der Waals surface area contributed by atoms with E-state index in [1.807, 2.05) is 0 Å². The SMILES string of the molecule is O/N=C1\[C@H]2CC[C@@H](C2)[C@@H]1N(Cc1ccccc1)Cc1ccccc1. The Morgan fingerprint density at radius 2 is 1.46 bits per heavy atom. The van der Waals surface area contributed by atoms with Gasteiger partial charge in [-0.1, -0.05) is 65.8 Å². The highest BCUT2D eigenvalue weighted by Gasteiger charge is 2.47. The third kappa shape index (κ3) is 2.96. The van der Waals surface area contributed by atoms with Crippen LogP contribution in [0.3, 0.4) is 0 Å². The molecule has 2 aromatic carbocycles. The second-order valence-corrected chi connectivity index (χ2v) is 7.12. The van der Waals surface area contributed by atoms with Crippen LogP contribution >= 0.6 is 0 Å². The number of nitrogens with zero attached hydrogens (tertiary/aromatic N) is 2. The molecule has 0 heterocycles. The fourth-order valence-electron chi connectivity index (χ4n) is 4.57. The van der Waals surface area contributed by atoms with Crippen molar-refractivity contribution in [3.8, 4) is 0 Å². The summed E-state index contributed by atoms with van der Waals surface area (Å²) in [5, 5.41) is 13.3. The zero-order chi connectivity index (χ0) is 16.4. The lowest BCUT2D eigenvalue weighted by molar-refractivity contribution is 0.175. The standard InChI is InChI=1S/C21H24N2O/c24-22-20-18-11-12-19(13-18)21(20)23(14-16-7-3-1-4-8-16)15-17-9-5-2-6-10-17/h1-10,18-19,21,24H,11-15H2/b22-20+/t18-,19-,21-/m0/s1. The molecule has 0 radical (unpaired) electrons. The molecule has 124 valence electrons. The predicted molar refractivity (Wildman–Crippen MR) is 96.0 cm³/mol. The molecule has 0 aromatic heterocycles. The van der Waals surface area contributed by atoms with Crippen molar-refractivity contribution in [3.05, 3.63) is 71.8 Å². The first kappa shape index (κ1) is 15.4. The monoisotopic (exact) mass is 320 g/mol. The van der Waals surface area contributed by atoms with Crippen LogP contribution in [0.1, 0.15) is 30.4 Å². The van der Waals surface area contributed by atoms with E-state index in [1.54, 1.807) is 0 Å². The van der Waals surface area contributed by atoms with Gasteiger partial charge in [0.1, 0.15) is 0 Å². The number of fused-ring (bicyclic) bond motifs is 2. The molecule has 3 atom stereocenters. The molecule has 2 aliphatic rings. The van der Waals surface area contributed by atoms with E-state index in [9.17, 15) is 5.21 Å². The first-order valence-electron chi connectivity index (χ1n) is 8.89. The summed E-state index contributed by atoms with van der Waals surface area (Å²) in [4.78, 5) is 2.50. The Kier molecular flexibility index (Phi) is 4.35. The molecule has 0 unspecified atom stereocenters. The van der Waals surface area contributed by atoms with Crippen molar-refractivity contribution in [1.29, 1.82) is 0 Å². The molecule has 4 rings (SSSR count). The third-order valence-corrected chi connectivity index (χ3v) is 5.61. The van der Waals surface area contributed by atoms with Crippen LogP contribution in [0.25, 0.3) is 0 Å². The second-order valence-electron chi connectivity index (χ2n) is 7.12. The van der Waals surface area contributed by atoms with Gasteiger partial charge in [0.15, 0.2) is 0 Å². The van der Waals surface area contributed by atoms with Gasteiger partial charge in [-0.25, -0.2) is 0 Å². The number of hydrogen-bond donors (Lipinski definition) is 1. The number of rotatable bonds is 5. The summed E-state index contributed by atoms with van der Waals surface area (Å²) in [6.45, 7) is 1.78. The average molecular weight is 320 g/mol. The highest BCUT2D eigenvalue weighted by Crippen LogP contribution is 2.45. The first-order valence-corrected chi connectivity index (χ1v) is 8.89. The summed E-state index contributed by atoms with van der Waals surface area (Å²) in [5.74, 6) is 1.12. The van der Waals surface area contributed by atoms with Crippen LogP contribution in [-0.4, -0.2) is 21.9 Å². The van der Waals surface area contributed by atoms with Crippen LogP contribution in [0.15, 0.2) is 65.8 Å². The van der Waals surface area contributed by atoms with E-state index in [0.29, 0.717) is 11.8 Å². The summed E-state index contributed by atoms with van der Waals surface area (Å²) in [7, 11) is 0. The molecular weight excluding hydrogens is 296 g/mol. The maximum atomic E-state index is 9.60. The first-order chi connectivity index (χ1) is 11.8. The van der Waals surface area contributed by atoms with E-state index in [0.717, 1.165) is 18.8 Å². The van der Waals surface area contributed by atoms with E-state index in [4.69, 9.17) is 0 Å². The van der Waals surface area contributed by atoms with Crippen LogP contribution in [0, 0.1) is 11.8 Å². The molecule has 0 amide bonds. The average Bonchev–Trinajstić information content (AvgIpc) is 3.24. The smallest absolute Gasteiger partial charge is 0.0775 e. The summed E-state index contributed by atoms with van der Waals surface area (Å²) >= 11 is 0. The van der Waals surface area contributed by atoms with Gasteiger partial charge in [0.25, 0.3) is 0 Å². The van der Waals surface area contributed by atoms with Gasteiger partial charge in [-0.3, -0.25) is 4.90 Å². The molecule has 3 nitrogen and oxygen atoms in total. The Hall–Kier alpha value is -2.13. The number of hydrogen-bond acceptors (Lipinski definition) is 3. The van der Waals surface area contributed by atoms with Crippen molar-refractivity contribution in [2.24, 2.45) is 17.0 Å². The van der Waals surface area contributed by atoms with Gasteiger partial charge < -0.3 is 5.21 Å². The molecular formula is C21H24N2O. The fraction of sp³-hybridized carbons (Fsp3) is 0.381. The zero-order valence-corrected chi connectivity index (χ0v) is 13.9. The van der Waals surface area contributed by atoms with Crippen LogP contribution in [0.4, 0.5) is 0 Å². The molecule has 24 heavy (non-hydrogen) atoms. The molecule has 0 saturated heterocycles. The van der Waals surface area contributed by atoms with Crippen molar-refractivity contribution >= 4 is 5.71 Å². The minimum atomic E-state index is 0.272. The van der Waals surface area contributed by atoms with Crippen molar-refractivity contribution in [3.63, 3.8) is 0 Å². The highest BCUT2D eigenvalue weighted by molar-refractivity contribution is 5.94. The minimum absolute atomic E-state index is 0.272. The van der Waals surface area contributed by atoms with Crippen molar-refractivity contribution in [1.82, 2.24) is 4.90 Å². The molecule has 2 aliphatic carbocycles. The van der Waals surface area contributed by atoms with Crippen molar-refractivity contribution in [2.45, 2.75) is 38.4 Å². The Morgan fingerprint density at radius 1 is 0.875 bits per heavy atom. The molecule has 2 fully saturated rings. The fourth-order valence-corrected chi connectivity index (χ4v) is 4.57. The van der Waals surface area contributed by atoms with Crippen LogP contribution < -0.4 is 0 Å². The summed E-state index contributed by atoms with van der Waals surface area (Å²) in [5.41, 5.74) is 3.64. The van der Waals surface area contributed by atoms with E-state index in [-0.39, 0.29) is 6.04 Å². The van der Waals surface area contributed by atoms with Crippen LogP contribution in [0.2, 0.25) is 0 Å². The van der Waals surface area contributed by atoms with Gasteiger partial charge in [-0.15, -0.1) is 0 Å². The van der Waals surface area contributed by atoms with Gasteiger partial charge >= 0.3 is 0 Å². The molecule has 3 heteroatoms. The van der Waals surface area contributed by atoms with E-state index in [2.05, 4.69) is 70.7 Å². The topological polar surface area (TPSA) is 35.8 Å². The largest absolute Gasteiger partial charge is 0.411 e. The lowest BCUT2D eigenvalue weighted by atomic mass is 9.91. The van der Waals surface area contributed by atoms with Gasteiger partial charge in [0, 0.05) is 19.0 Å². The normalized spacial score (nSPS) is 27.2. The minimum Gasteiger partial charge on any atom is -0.411 e. The second kappa shape index (κ2) is 6.78. The lowest BCUT2D eigenvalue weighted by Gasteiger charge is -2.35. The van der Waals surface area contributed by atoms with Crippen molar-refractivity contribution < 1.29 is 5.21 Å². The Balaban J connectivity index is 1.62. The van der Waals surface area contributed by atoms with E-state index >= 15 is 0 Å². The zero-order valence-electron chi connectivity index (χ0n) is 13.9. The Labute approximate surface area is 143 Å². The van der Waals surface area contributed by atoms with Gasteiger partial charge in [0.2, 0.25) is 0 Å². The maximum absolute atomic E-state index is 9.60. The summed E-state index contributed by atoms with van der Waals surface area (Å²) in [6.07, 6.45) is 3.63. The molecule has 0 aliphatic heterocycles. The van der Waals surface area contributed by atoms with Crippen molar-refractivity contribution in [2.75, 3.05) is 0 Å². The Morgan fingerprint density at radius 3 is 2.00 bits per heavy atom. The van der Waals surface area contributed by atoms with E-state index in [1.165, 1.54) is 30.4 Å². The lowest BCUT2D eigenvalue weighted by Crippen LogP contribution is -2.44. The molecule has 0 spiro atoms. The summed E-state index contributed by atoms with van der Waals surface area (Å²) < 4.78 is 0. The third-order valence-electron chi connectivity index (χ3n) is 5.61. The molecule has 1 N–H and O–H groups in total. The molecule has 2 saturated carbocycles. The van der Waals surface area contributed by atoms with Gasteiger partial charge in [0.05, 0.1) is 11.8 Å². The number of oxime groups is 1. The quantitative estimate of drug-likeness (QED) is 0.658. The maximum Gasteiger partial charge on any atom is 0.0775 e. The molecule has 2 bridgehead atoms. The highest BCUT2D eigenvalue weighted by atomic mass is 16.4. The molecule has 2 aromatic rings. The van der Waals surface area contributed by atoms with E-state index < -0.39 is 0 Å². The van der Waals surface area contributed by atoms with Gasteiger partial charge in [-0.2, -0.15) is 0 Å². The Bertz CT molecular complexity index is 657. The predicted octanol–water partition coefficient (Wildman–Crippen LogP) is 4.32.